The monoisotopic (exact) mass is 510 g/mol. The molecule has 0 saturated heterocycles. The van der Waals surface area contributed by atoms with Crippen LogP contribution in [-0.2, 0) is 0 Å². The van der Waals surface area contributed by atoms with Crippen molar-refractivity contribution in [1.82, 2.24) is 0 Å². The van der Waals surface area contributed by atoms with Crippen LogP contribution in [0.25, 0.3) is 0 Å². The summed E-state index contributed by atoms with van der Waals surface area (Å²) in [5, 5.41) is 88.5. The van der Waals surface area contributed by atoms with Gasteiger partial charge >= 0.3 is 39.6 Å². The average Bonchev–Trinajstić information content (AvgIpc) is 2.08. The zero-order valence-corrected chi connectivity index (χ0v) is 16.0. The summed E-state index contributed by atoms with van der Waals surface area (Å²) in [5.41, 5.74) is 0. The number of nitrogens with zero attached hydrogens (tertiary/aromatic N) is 6. The summed E-state index contributed by atoms with van der Waals surface area (Å²) in [6.45, 7) is 0. The Hall–Kier alpha value is -3.53. The van der Waals surface area contributed by atoms with E-state index in [1.54, 1.807) is 0 Å². The summed E-state index contributed by atoms with van der Waals surface area (Å²) in [5.74, 6) is 0. The first kappa shape index (κ1) is 49.5. The van der Waals surface area contributed by atoms with Gasteiger partial charge in [0.25, 0.3) is 0 Å². The first-order chi connectivity index (χ1) is 10.4. The standard InChI is InChI=1S/2Ga.6NO3/c;;6*2-1(3)4/q2*+3;6*-1. The van der Waals surface area contributed by atoms with Gasteiger partial charge in [0, 0.05) is 0 Å². The molecule has 26 heteroatoms. The van der Waals surface area contributed by atoms with Crippen molar-refractivity contribution in [2.75, 3.05) is 0 Å². The van der Waals surface area contributed by atoms with Gasteiger partial charge in [-0.15, -0.1) is 0 Å². The van der Waals surface area contributed by atoms with Crippen molar-refractivity contribution in [3.8, 4) is 0 Å². The molecule has 0 aromatic rings. The molecule has 0 rings (SSSR count). The van der Waals surface area contributed by atoms with Gasteiger partial charge in [-0.3, -0.25) is 0 Å². The molecule has 144 valence electrons. The SMILES string of the molecule is O=[N+]([O-])[O-].O=[N+]([O-])[O-].O=[N+]([O-])[O-].O=[N+]([O-])[O-].O=[N+]([O-])[O-].O=[N+]([O-])[O-].[Ga+3].[Ga+3]. The predicted octanol–water partition coefficient (Wildman–Crippen LogP) is -2.20. The first-order valence-electron chi connectivity index (χ1n) is 3.29. The van der Waals surface area contributed by atoms with E-state index in [0.717, 1.165) is 0 Å². The van der Waals surface area contributed by atoms with Crippen molar-refractivity contribution in [1.29, 1.82) is 0 Å². The Morgan fingerprint density at radius 3 is 0.269 bits per heavy atom. The van der Waals surface area contributed by atoms with Crippen LogP contribution in [0.15, 0.2) is 0 Å². The topological polar surface area (TPSA) is 397 Å². The van der Waals surface area contributed by atoms with E-state index in [1.807, 2.05) is 0 Å². The maximum Gasteiger partial charge on any atom is 3.00 e. The summed E-state index contributed by atoms with van der Waals surface area (Å²) < 4.78 is 0. The van der Waals surface area contributed by atoms with Crippen molar-refractivity contribution in [2.24, 2.45) is 0 Å². The molecule has 0 N–H and O–H groups in total. The number of hydrogen-bond donors (Lipinski definition) is 0. The van der Waals surface area contributed by atoms with Crippen molar-refractivity contribution in [3.63, 3.8) is 0 Å². The van der Waals surface area contributed by atoms with Crippen molar-refractivity contribution in [3.05, 3.63) is 91.9 Å². The largest absolute Gasteiger partial charge is 3.00 e. The zero-order chi connectivity index (χ0) is 21.5. The molecule has 0 atom stereocenters. The summed E-state index contributed by atoms with van der Waals surface area (Å²) in [7, 11) is 0. The van der Waals surface area contributed by atoms with Gasteiger partial charge < -0.3 is 91.9 Å². The van der Waals surface area contributed by atoms with E-state index < -0.39 is 30.5 Å². The second kappa shape index (κ2) is 43.0. The van der Waals surface area contributed by atoms with Crippen LogP contribution in [0.3, 0.4) is 0 Å². The number of hydrogen-bond acceptors (Lipinski definition) is 18. The van der Waals surface area contributed by atoms with Gasteiger partial charge in [-0.2, -0.15) is 0 Å². The van der Waals surface area contributed by atoms with E-state index in [-0.39, 0.29) is 39.6 Å². The zero-order valence-electron chi connectivity index (χ0n) is 11.2. The van der Waals surface area contributed by atoms with Crippen LogP contribution in [0.1, 0.15) is 0 Å². The third-order valence-electron chi connectivity index (χ3n) is 0. The Labute approximate surface area is 162 Å². The van der Waals surface area contributed by atoms with Crippen molar-refractivity contribution in [2.45, 2.75) is 0 Å². The average molecular weight is 511 g/mol. The molecule has 0 fully saturated rings. The molecule has 26 heavy (non-hydrogen) atoms. The fourth-order valence-corrected chi connectivity index (χ4v) is 0. The maximum atomic E-state index is 8.25. The summed E-state index contributed by atoms with van der Waals surface area (Å²) in [4.78, 5) is 49.5. The van der Waals surface area contributed by atoms with Crippen LogP contribution in [0.5, 0.6) is 0 Å². The van der Waals surface area contributed by atoms with Gasteiger partial charge in [-0.1, -0.05) is 0 Å². The summed E-state index contributed by atoms with van der Waals surface area (Å²) in [6, 6.07) is 0. The first-order valence-corrected chi connectivity index (χ1v) is 3.29. The van der Waals surface area contributed by atoms with Gasteiger partial charge in [-0.25, -0.2) is 0 Å². The molecule has 0 aliphatic heterocycles. The molecule has 0 aliphatic rings. The molecule has 0 unspecified atom stereocenters. The van der Waals surface area contributed by atoms with E-state index in [4.69, 9.17) is 91.9 Å². The molecule has 0 heterocycles. The van der Waals surface area contributed by atoms with E-state index in [9.17, 15) is 0 Å². The van der Waals surface area contributed by atoms with Gasteiger partial charge in [0.1, 0.15) is 0 Å². The summed E-state index contributed by atoms with van der Waals surface area (Å²) in [6.07, 6.45) is 0. The quantitative estimate of drug-likeness (QED) is 0.189. The fraction of sp³-hybridized carbons (Fsp3) is 0. The Morgan fingerprint density at radius 1 is 0.269 bits per heavy atom. The molecule has 0 bridgehead atoms. The van der Waals surface area contributed by atoms with Crippen LogP contribution < -0.4 is 0 Å². The predicted molar refractivity (Wildman–Crippen MR) is 73.7 cm³/mol. The van der Waals surface area contributed by atoms with Crippen LogP contribution in [0.2, 0.25) is 0 Å². The van der Waals surface area contributed by atoms with Gasteiger partial charge in [0.2, 0.25) is 0 Å². The third kappa shape index (κ3) is 624. The number of rotatable bonds is 0. The van der Waals surface area contributed by atoms with E-state index in [1.165, 1.54) is 0 Å². The van der Waals surface area contributed by atoms with E-state index >= 15 is 0 Å². The minimum absolute atomic E-state index is 0. The fourth-order valence-electron chi connectivity index (χ4n) is 0. The molecular formula is Ga2N6O18. The van der Waals surface area contributed by atoms with Gasteiger partial charge in [-0.05, 0) is 0 Å². The van der Waals surface area contributed by atoms with E-state index in [0.29, 0.717) is 0 Å². The molecule has 0 saturated carbocycles. The minimum Gasteiger partial charge on any atom is -0.356 e. The van der Waals surface area contributed by atoms with Gasteiger partial charge in [0.15, 0.2) is 0 Å². The third-order valence-corrected chi connectivity index (χ3v) is 0. The van der Waals surface area contributed by atoms with Crippen LogP contribution >= 0.6 is 0 Å². The Morgan fingerprint density at radius 2 is 0.269 bits per heavy atom. The molecule has 0 amide bonds. The normalized spacial score (nSPS) is 5.54. The molecule has 0 aromatic carbocycles. The second-order valence-corrected chi connectivity index (χ2v) is 1.34. The molecule has 0 aliphatic carbocycles. The van der Waals surface area contributed by atoms with Crippen molar-refractivity contribution >= 4 is 39.6 Å². The molecule has 24 nitrogen and oxygen atoms in total. The molecule has 0 aromatic heterocycles. The smallest absolute Gasteiger partial charge is 0.356 e. The van der Waals surface area contributed by atoms with Crippen LogP contribution in [0.4, 0.5) is 0 Å². The minimum atomic E-state index is -1.75. The molecule has 0 spiro atoms. The Bertz CT molecular complexity index is 261. The second-order valence-electron chi connectivity index (χ2n) is 1.34. The maximum absolute atomic E-state index is 8.25. The van der Waals surface area contributed by atoms with Crippen LogP contribution in [0, 0.1) is 91.9 Å². The van der Waals surface area contributed by atoms with Crippen LogP contribution in [-0.4, -0.2) is 70.1 Å². The van der Waals surface area contributed by atoms with Gasteiger partial charge in [0.05, 0.1) is 30.5 Å². The Kier molecular flexibility index (Phi) is 81.8. The molecule has 0 radical (unpaired) electrons. The van der Waals surface area contributed by atoms with Crippen molar-refractivity contribution < 1.29 is 30.5 Å². The summed E-state index contributed by atoms with van der Waals surface area (Å²) >= 11 is 0. The van der Waals surface area contributed by atoms with E-state index in [2.05, 4.69) is 0 Å². The molecular weight excluding hydrogens is 511 g/mol. The Balaban J connectivity index is -0.0000000245.